The van der Waals surface area contributed by atoms with E-state index in [1.165, 1.54) is 6.07 Å². The third-order valence-electron chi connectivity index (χ3n) is 2.37. The first-order valence-electron chi connectivity index (χ1n) is 5.41. The van der Waals surface area contributed by atoms with Gasteiger partial charge in [0.25, 0.3) is 0 Å². The molecule has 0 unspecified atom stereocenters. The minimum absolute atomic E-state index is 0.250. The summed E-state index contributed by atoms with van der Waals surface area (Å²) in [5.41, 5.74) is 5.54. The molecular formula is C13H11NO4S. The van der Waals surface area contributed by atoms with Gasteiger partial charge in [0.05, 0.1) is 0 Å². The van der Waals surface area contributed by atoms with Gasteiger partial charge in [-0.1, -0.05) is 6.07 Å². The fourth-order valence-corrected chi connectivity index (χ4v) is 2.22. The first kappa shape index (κ1) is 13.1. The van der Waals surface area contributed by atoms with E-state index in [1.54, 1.807) is 30.3 Å². The molecule has 98 valence electrons. The van der Waals surface area contributed by atoms with Crippen molar-refractivity contribution in [3.8, 4) is 5.75 Å². The van der Waals surface area contributed by atoms with Crippen LogP contribution in [0.2, 0.25) is 0 Å². The number of carboxylic acids is 1. The lowest BCUT2D eigenvalue weighted by Crippen LogP contribution is -2.10. The lowest BCUT2D eigenvalue weighted by molar-refractivity contribution is 0.0702. The van der Waals surface area contributed by atoms with Crippen LogP contribution in [-0.2, 0) is 6.61 Å². The highest BCUT2D eigenvalue weighted by Crippen LogP contribution is 2.20. The zero-order valence-corrected chi connectivity index (χ0v) is 10.6. The minimum Gasteiger partial charge on any atom is -0.488 e. The molecule has 1 amide bonds. The number of primary amides is 1. The summed E-state index contributed by atoms with van der Waals surface area (Å²) in [5.74, 6) is -0.955. The Bertz CT molecular complexity index is 621. The summed E-state index contributed by atoms with van der Waals surface area (Å²) in [4.78, 5) is 22.8. The predicted molar refractivity (Wildman–Crippen MR) is 70.6 cm³/mol. The predicted octanol–water partition coefficient (Wildman–Crippen LogP) is 2.12. The van der Waals surface area contributed by atoms with Gasteiger partial charge in [-0.3, -0.25) is 4.79 Å². The molecule has 3 N–H and O–H groups in total. The molecule has 2 aromatic rings. The average molecular weight is 277 g/mol. The van der Waals surface area contributed by atoms with E-state index in [0.29, 0.717) is 11.3 Å². The molecule has 1 aromatic heterocycles. The van der Waals surface area contributed by atoms with E-state index in [1.807, 2.05) is 0 Å². The van der Waals surface area contributed by atoms with Gasteiger partial charge in [0.1, 0.15) is 17.2 Å². The number of nitrogens with two attached hydrogens (primary N) is 1. The van der Waals surface area contributed by atoms with Crippen molar-refractivity contribution >= 4 is 23.2 Å². The van der Waals surface area contributed by atoms with E-state index in [0.717, 1.165) is 16.2 Å². The van der Waals surface area contributed by atoms with E-state index < -0.39 is 11.9 Å². The highest BCUT2D eigenvalue weighted by Gasteiger charge is 2.07. The van der Waals surface area contributed by atoms with Gasteiger partial charge in [0.2, 0.25) is 5.91 Å². The van der Waals surface area contributed by atoms with Gasteiger partial charge < -0.3 is 15.6 Å². The highest BCUT2D eigenvalue weighted by molar-refractivity contribution is 7.13. The SMILES string of the molecule is NC(=O)c1cccc(OCc2ccc(C(=O)O)s2)c1. The second-order valence-corrected chi connectivity index (χ2v) is 4.92. The maximum Gasteiger partial charge on any atom is 0.345 e. The van der Waals surface area contributed by atoms with E-state index in [-0.39, 0.29) is 11.5 Å². The van der Waals surface area contributed by atoms with E-state index >= 15 is 0 Å². The van der Waals surface area contributed by atoms with Crippen molar-refractivity contribution in [3.63, 3.8) is 0 Å². The summed E-state index contributed by atoms with van der Waals surface area (Å²) in [7, 11) is 0. The van der Waals surface area contributed by atoms with Crippen LogP contribution in [0.4, 0.5) is 0 Å². The molecular weight excluding hydrogens is 266 g/mol. The van der Waals surface area contributed by atoms with Crippen molar-refractivity contribution in [2.45, 2.75) is 6.61 Å². The van der Waals surface area contributed by atoms with Crippen LogP contribution in [0.25, 0.3) is 0 Å². The molecule has 0 aliphatic carbocycles. The normalized spacial score (nSPS) is 10.1. The van der Waals surface area contributed by atoms with Crippen LogP contribution in [0.5, 0.6) is 5.75 Å². The van der Waals surface area contributed by atoms with Crippen molar-refractivity contribution in [1.82, 2.24) is 0 Å². The Kier molecular flexibility index (Phi) is 3.82. The molecule has 0 fully saturated rings. The second-order valence-electron chi connectivity index (χ2n) is 3.75. The summed E-state index contributed by atoms with van der Waals surface area (Å²) in [6, 6.07) is 9.76. The quantitative estimate of drug-likeness (QED) is 0.876. The molecule has 0 bridgehead atoms. The lowest BCUT2D eigenvalue weighted by Gasteiger charge is -2.05. The van der Waals surface area contributed by atoms with Crippen molar-refractivity contribution in [2.75, 3.05) is 0 Å². The largest absolute Gasteiger partial charge is 0.488 e. The molecule has 19 heavy (non-hydrogen) atoms. The molecule has 0 saturated carbocycles. The lowest BCUT2D eigenvalue weighted by atomic mass is 10.2. The maximum atomic E-state index is 11.0. The molecule has 6 heteroatoms. The smallest absolute Gasteiger partial charge is 0.345 e. The summed E-state index contributed by atoms with van der Waals surface area (Å²) < 4.78 is 5.49. The third kappa shape index (κ3) is 3.32. The molecule has 0 spiro atoms. The van der Waals surface area contributed by atoms with Crippen LogP contribution >= 0.6 is 11.3 Å². The van der Waals surface area contributed by atoms with Crippen molar-refractivity contribution in [1.29, 1.82) is 0 Å². The molecule has 0 aliphatic heterocycles. The van der Waals surface area contributed by atoms with Crippen LogP contribution in [0.15, 0.2) is 36.4 Å². The third-order valence-corrected chi connectivity index (χ3v) is 3.42. The molecule has 0 saturated heterocycles. The standard InChI is InChI=1S/C13H11NO4S/c14-12(15)8-2-1-3-9(6-8)18-7-10-4-5-11(19-10)13(16)17/h1-6H,7H2,(H2,14,15)(H,16,17). The Labute approximate surface area is 113 Å². The Morgan fingerprint density at radius 3 is 2.68 bits per heavy atom. The monoisotopic (exact) mass is 277 g/mol. The summed E-state index contributed by atoms with van der Waals surface area (Å²) in [5, 5.41) is 8.80. The van der Waals surface area contributed by atoms with Crippen LogP contribution in [0.3, 0.4) is 0 Å². The number of thiophene rings is 1. The topological polar surface area (TPSA) is 89.6 Å². The number of hydrogen-bond acceptors (Lipinski definition) is 4. The van der Waals surface area contributed by atoms with Gasteiger partial charge in [0, 0.05) is 10.4 Å². The van der Waals surface area contributed by atoms with Crippen molar-refractivity contribution in [3.05, 3.63) is 51.7 Å². The zero-order valence-electron chi connectivity index (χ0n) is 9.83. The fraction of sp³-hybridized carbons (Fsp3) is 0.0769. The average Bonchev–Trinajstić information content (AvgIpc) is 2.85. The van der Waals surface area contributed by atoms with Gasteiger partial charge in [-0.05, 0) is 30.3 Å². The van der Waals surface area contributed by atoms with Gasteiger partial charge in [-0.25, -0.2) is 4.79 Å². The molecule has 0 radical (unpaired) electrons. The summed E-state index contributed by atoms with van der Waals surface area (Å²) in [6.07, 6.45) is 0. The number of hydrogen-bond donors (Lipinski definition) is 2. The highest BCUT2D eigenvalue weighted by atomic mass is 32.1. The number of amides is 1. The summed E-state index contributed by atoms with van der Waals surface area (Å²) >= 11 is 1.15. The Balaban J connectivity index is 2.03. The maximum absolute atomic E-state index is 11.0. The number of ether oxygens (including phenoxy) is 1. The van der Waals surface area contributed by atoms with Crippen LogP contribution in [-0.4, -0.2) is 17.0 Å². The first-order valence-corrected chi connectivity index (χ1v) is 6.22. The van der Waals surface area contributed by atoms with Crippen molar-refractivity contribution < 1.29 is 19.4 Å². The number of benzene rings is 1. The van der Waals surface area contributed by atoms with Gasteiger partial charge >= 0.3 is 5.97 Å². The Morgan fingerprint density at radius 1 is 1.26 bits per heavy atom. The van der Waals surface area contributed by atoms with Gasteiger partial charge in [0.15, 0.2) is 0 Å². The molecule has 5 nitrogen and oxygen atoms in total. The van der Waals surface area contributed by atoms with E-state index in [9.17, 15) is 9.59 Å². The minimum atomic E-state index is -0.952. The molecule has 1 heterocycles. The molecule has 0 atom stereocenters. The van der Waals surface area contributed by atoms with Crippen LogP contribution in [0, 0.1) is 0 Å². The summed E-state index contributed by atoms with van der Waals surface area (Å²) in [6.45, 7) is 0.250. The first-order chi connectivity index (χ1) is 9.06. The van der Waals surface area contributed by atoms with Crippen LogP contribution in [0.1, 0.15) is 24.9 Å². The number of aromatic carboxylic acids is 1. The molecule has 2 rings (SSSR count). The molecule has 1 aromatic carbocycles. The van der Waals surface area contributed by atoms with Crippen LogP contribution < -0.4 is 10.5 Å². The Hall–Kier alpha value is -2.34. The zero-order chi connectivity index (χ0) is 13.8. The van der Waals surface area contributed by atoms with E-state index in [4.69, 9.17) is 15.6 Å². The second kappa shape index (κ2) is 5.53. The number of rotatable bonds is 5. The van der Waals surface area contributed by atoms with Crippen molar-refractivity contribution in [2.24, 2.45) is 5.73 Å². The number of carbonyl (C=O) groups excluding carboxylic acids is 1. The number of carboxylic acid groups (broad SMARTS) is 1. The van der Waals surface area contributed by atoms with Gasteiger partial charge in [-0.15, -0.1) is 11.3 Å². The molecule has 0 aliphatic rings. The number of carbonyl (C=O) groups is 2. The van der Waals surface area contributed by atoms with E-state index in [2.05, 4.69) is 0 Å². The fourth-order valence-electron chi connectivity index (χ4n) is 1.46. The van der Waals surface area contributed by atoms with Gasteiger partial charge in [-0.2, -0.15) is 0 Å². The Morgan fingerprint density at radius 2 is 2.05 bits per heavy atom.